The van der Waals surface area contributed by atoms with Gasteiger partial charge in [0.1, 0.15) is 35.6 Å². The molecule has 0 spiro atoms. The van der Waals surface area contributed by atoms with Crippen molar-refractivity contribution < 1.29 is 9.18 Å². The number of nitrogens with zero attached hydrogens (tertiary/aromatic N) is 5. The molecule has 32 heavy (non-hydrogen) atoms. The van der Waals surface area contributed by atoms with Crippen LogP contribution in [0.2, 0.25) is 0 Å². The van der Waals surface area contributed by atoms with Gasteiger partial charge >= 0.3 is 0 Å². The SMILES string of the molecule is Cc1ccc(-c2nc3ccc(F)cc3n2C(C)C)cc1NC(=O)Cn1ncc(C#N)c1N. The number of amides is 1. The number of hydrogen-bond donors (Lipinski definition) is 2. The van der Waals surface area contributed by atoms with Crippen LogP contribution in [0.25, 0.3) is 22.4 Å². The predicted octanol–water partition coefficient (Wildman–Crippen LogP) is 4.02. The molecule has 4 rings (SSSR count). The topological polar surface area (TPSA) is 115 Å². The van der Waals surface area contributed by atoms with Crippen molar-refractivity contribution in [1.29, 1.82) is 5.26 Å². The van der Waals surface area contributed by atoms with E-state index >= 15 is 0 Å². The number of anilines is 2. The molecule has 0 radical (unpaired) electrons. The first-order valence-corrected chi connectivity index (χ1v) is 10.1. The van der Waals surface area contributed by atoms with Gasteiger partial charge in [-0.25, -0.2) is 14.1 Å². The molecule has 0 fully saturated rings. The molecule has 2 aromatic heterocycles. The number of benzene rings is 2. The molecule has 0 saturated heterocycles. The molecule has 162 valence electrons. The van der Waals surface area contributed by atoms with Crippen molar-refractivity contribution in [2.75, 3.05) is 11.1 Å². The predicted molar refractivity (Wildman–Crippen MR) is 120 cm³/mol. The monoisotopic (exact) mass is 431 g/mol. The maximum atomic E-state index is 13.9. The zero-order chi connectivity index (χ0) is 23.0. The van der Waals surface area contributed by atoms with Crippen LogP contribution in [0.3, 0.4) is 0 Å². The summed E-state index contributed by atoms with van der Waals surface area (Å²) in [7, 11) is 0. The first-order chi connectivity index (χ1) is 15.3. The van der Waals surface area contributed by atoms with Crippen molar-refractivity contribution in [3.8, 4) is 17.5 Å². The number of nitrogen functional groups attached to an aromatic ring is 1. The Morgan fingerprint density at radius 2 is 2.06 bits per heavy atom. The Kier molecular flexibility index (Phi) is 5.36. The van der Waals surface area contributed by atoms with Crippen LogP contribution < -0.4 is 11.1 Å². The fraction of sp³-hybridized carbons (Fsp3) is 0.217. The Balaban J connectivity index is 1.67. The van der Waals surface area contributed by atoms with E-state index in [-0.39, 0.29) is 35.7 Å². The van der Waals surface area contributed by atoms with Crippen LogP contribution in [0.5, 0.6) is 0 Å². The summed E-state index contributed by atoms with van der Waals surface area (Å²) in [6.45, 7) is 5.78. The van der Waals surface area contributed by atoms with E-state index in [1.54, 1.807) is 6.07 Å². The maximum absolute atomic E-state index is 13.9. The Morgan fingerprint density at radius 3 is 2.75 bits per heavy atom. The van der Waals surface area contributed by atoms with E-state index in [1.165, 1.54) is 23.0 Å². The number of halogens is 1. The summed E-state index contributed by atoms with van der Waals surface area (Å²) in [6.07, 6.45) is 1.33. The number of aromatic nitrogens is 4. The number of nitriles is 1. The summed E-state index contributed by atoms with van der Waals surface area (Å²) >= 11 is 0. The molecule has 4 aromatic rings. The van der Waals surface area contributed by atoms with Crippen molar-refractivity contribution in [2.45, 2.75) is 33.4 Å². The van der Waals surface area contributed by atoms with Crippen LogP contribution in [0.1, 0.15) is 31.0 Å². The lowest BCUT2D eigenvalue weighted by atomic mass is 10.1. The Hall–Kier alpha value is -4.19. The average molecular weight is 431 g/mol. The second-order valence-electron chi connectivity index (χ2n) is 7.82. The third-order valence-electron chi connectivity index (χ3n) is 5.23. The lowest BCUT2D eigenvalue weighted by Crippen LogP contribution is -2.21. The number of nitrogens with two attached hydrogens (primary N) is 1. The first kappa shape index (κ1) is 21.1. The zero-order valence-corrected chi connectivity index (χ0v) is 17.9. The van der Waals surface area contributed by atoms with Gasteiger partial charge in [-0.1, -0.05) is 12.1 Å². The quantitative estimate of drug-likeness (QED) is 0.495. The highest BCUT2D eigenvalue weighted by atomic mass is 19.1. The molecule has 0 atom stereocenters. The molecule has 2 aromatic carbocycles. The van der Waals surface area contributed by atoms with Gasteiger partial charge in [-0.15, -0.1) is 0 Å². The Labute approximate surface area is 184 Å². The molecule has 0 aliphatic rings. The van der Waals surface area contributed by atoms with Crippen molar-refractivity contribution in [2.24, 2.45) is 0 Å². The van der Waals surface area contributed by atoms with Crippen LogP contribution >= 0.6 is 0 Å². The Bertz CT molecular complexity index is 1380. The molecule has 2 heterocycles. The van der Waals surface area contributed by atoms with Crippen LogP contribution in [-0.4, -0.2) is 25.2 Å². The van der Waals surface area contributed by atoms with Gasteiger partial charge in [-0.2, -0.15) is 10.4 Å². The normalized spacial score (nSPS) is 11.1. The lowest BCUT2D eigenvalue weighted by molar-refractivity contribution is -0.116. The van der Waals surface area contributed by atoms with Crippen molar-refractivity contribution >= 4 is 28.4 Å². The fourth-order valence-corrected chi connectivity index (χ4v) is 3.62. The molecule has 8 nitrogen and oxygen atoms in total. The largest absolute Gasteiger partial charge is 0.383 e. The number of nitrogens with one attached hydrogen (secondary N) is 1. The number of rotatable bonds is 5. The summed E-state index contributed by atoms with van der Waals surface area (Å²) in [5.41, 5.74) is 9.75. The van der Waals surface area contributed by atoms with Crippen molar-refractivity contribution in [3.63, 3.8) is 0 Å². The number of imidazole rings is 1. The maximum Gasteiger partial charge on any atom is 0.246 e. The molecular weight excluding hydrogens is 409 g/mol. The van der Waals surface area contributed by atoms with Gasteiger partial charge in [0.25, 0.3) is 0 Å². The molecule has 0 aliphatic carbocycles. The van der Waals surface area contributed by atoms with Gasteiger partial charge in [0.05, 0.1) is 17.2 Å². The summed E-state index contributed by atoms with van der Waals surface area (Å²) in [4.78, 5) is 17.3. The molecule has 9 heteroatoms. The number of carbonyl (C=O) groups is 1. The second kappa shape index (κ2) is 8.15. The van der Waals surface area contributed by atoms with E-state index in [2.05, 4.69) is 10.4 Å². The van der Waals surface area contributed by atoms with Gasteiger partial charge in [0.15, 0.2) is 0 Å². The van der Waals surface area contributed by atoms with Crippen molar-refractivity contribution in [3.05, 3.63) is 59.5 Å². The van der Waals surface area contributed by atoms with E-state index in [9.17, 15) is 9.18 Å². The molecule has 0 aliphatic heterocycles. The van der Waals surface area contributed by atoms with E-state index in [1.807, 2.05) is 49.6 Å². The van der Waals surface area contributed by atoms with E-state index in [4.69, 9.17) is 16.0 Å². The zero-order valence-electron chi connectivity index (χ0n) is 17.9. The van der Waals surface area contributed by atoms with Gasteiger partial charge in [-0.3, -0.25) is 4.79 Å². The standard InChI is InChI=1S/C23H22FN7O/c1-13(2)31-20-9-17(24)6-7-18(20)29-23(31)15-5-4-14(3)19(8-15)28-21(32)12-30-22(26)16(10-25)11-27-30/h4-9,11,13H,12,26H2,1-3H3,(H,28,32). The Morgan fingerprint density at radius 1 is 1.28 bits per heavy atom. The highest BCUT2D eigenvalue weighted by Gasteiger charge is 2.17. The summed E-state index contributed by atoms with van der Waals surface area (Å²) in [5, 5.41) is 15.9. The minimum absolute atomic E-state index is 0.0493. The highest BCUT2D eigenvalue weighted by Crippen LogP contribution is 2.31. The third-order valence-corrected chi connectivity index (χ3v) is 5.23. The first-order valence-electron chi connectivity index (χ1n) is 10.1. The third kappa shape index (κ3) is 3.78. The smallest absolute Gasteiger partial charge is 0.246 e. The molecular formula is C23H22FN7O. The number of hydrogen-bond acceptors (Lipinski definition) is 5. The van der Waals surface area contributed by atoms with E-state index in [0.717, 1.165) is 11.1 Å². The molecule has 1 amide bonds. The molecule has 0 unspecified atom stereocenters. The van der Waals surface area contributed by atoms with Crippen molar-refractivity contribution in [1.82, 2.24) is 19.3 Å². The summed E-state index contributed by atoms with van der Waals surface area (Å²) in [5.74, 6) is 0.182. The van der Waals surface area contributed by atoms with E-state index in [0.29, 0.717) is 22.5 Å². The van der Waals surface area contributed by atoms with Crippen LogP contribution in [0.4, 0.5) is 15.9 Å². The summed E-state index contributed by atoms with van der Waals surface area (Å²) in [6, 6.07) is 12.2. The number of carbonyl (C=O) groups excluding carboxylic acids is 1. The van der Waals surface area contributed by atoms with Crippen LogP contribution in [0, 0.1) is 24.1 Å². The van der Waals surface area contributed by atoms with Crippen LogP contribution in [-0.2, 0) is 11.3 Å². The van der Waals surface area contributed by atoms with Crippen LogP contribution in [0.15, 0.2) is 42.6 Å². The summed E-state index contributed by atoms with van der Waals surface area (Å²) < 4.78 is 17.1. The average Bonchev–Trinajstić information content (AvgIpc) is 3.29. The van der Waals surface area contributed by atoms with Gasteiger partial charge < -0.3 is 15.6 Å². The molecule has 3 N–H and O–H groups in total. The van der Waals surface area contributed by atoms with Gasteiger partial charge in [-0.05, 0) is 50.6 Å². The number of aryl methyl sites for hydroxylation is 1. The van der Waals surface area contributed by atoms with E-state index < -0.39 is 0 Å². The number of fused-ring (bicyclic) bond motifs is 1. The fourth-order valence-electron chi connectivity index (χ4n) is 3.62. The molecule has 0 saturated carbocycles. The lowest BCUT2D eigenvalue weighted by Gasteiger charge is -2.15. The second-order valence-corrected chi connectivity index (χ2v) is 7.82. The van der Waals surface area contributed by atoms with Gasteiger partial charge in [0, 0.05) is 17.3 Å². The molecule has 0 bridgehead atoms. The minimum Gasteiger partial charge on any atom is -0.383 e. The highest BCUT2D eigenvalue weighted by molar-refractivity contribution is 5.92. The minimum atomic E-state index is -0.330. The van der Waals surface area contributed by atoms with Gasteiger partial charge in [0.2, 0.25) is 5.91 Å².